The van der Waals surface area contributed by atoms with Gasteiger partial charge in [0.2, 0.25) is 5.91 Å². The Bertz CT molecular complexity index is 640. The molecule has 2 N–H and O–H groups in total. The molecule has 0 saturated carbocycles. The van der Waals surface area contributed by atoms with E-state index >= 15 is 0 Å². The van der Waals surface area contributed by atoms with Crippen LogP contribution in [-0.4, -0.2) is 13.0 Å². The molecule has 1 atom stereocenters. The minimum atomic E-state index is -0.428. The van der Waals surface area contributed by atoms with Crippen molar-refractivity contribution in [1.82, 2.24) is 0 Å². The van der Waals surface area contributed by atoms with Crippen molar-refractivity contribution in [1.29, 1.82) is 0 Å². The molecule has 0 spiro atoms. The maximum atomic E-state index is 11.4. The zero-order valence-corrected chi connectivity index (χ0v) is 11.3. The van der Waals surface area contributed by atoms with Crippen LogP contribution in [0.15, 0.2) is 40.3 Å². The molecule has 4 nitrogen and oxygen atoms in total. The second kappa shape index (κ2) is 5.18. The van der Waals surface area contributed by atoms with Crippen molar-refractivity contribution >= 4 is 16.9 Å². The molecule has 19 heavy (non-hydrogen) atoms. The summed E-state index contributed by atoms with van der Waals surface area (Å²) in [6.45, 7) is 3.68. The van der Waals surface area contributed by atoms with E-state index in [-0.39, 0.29) is 5.92 Å². The number of hydrogen-bond acceptors (Lipinski definition) is 3. The van der Waals surface area contributed by atoms with Gasteiger partial charge < -0.3 is 14.9 Å². The Morgan fingerprint density at radius 1 is 1.47 bits per heavy atom. The van der Waals surface area contributed by atoms with Crippen molar-refractivity contribution in [3.63, 3.8) is 0 Å². The van der Waals surface area contributed by atoms with Gasteiger partial charge in [0.05, 0.1) is 7.11 Å². The van der Waals surface area contributed by atoms with Gasteiger partial charge in [-0.15, -0.1) is 0 Å². The predicted octanol–water partition coefficient (Wildman–Crippen LogP) is 2.98. The summed E-state index contributed by atoms with van der Waals surface area (Å²) in [5.41, 5.74) is 6.59. The molecule has 1 aromatic carbocycles. The maximum Gasteiger partial charge on any atom is 0.245 e. The third-order valence-corrected chi connectivity index (χ3v) is 3.24. The minimum Gasteiger partial charge on any atom is -0.493 e. The minimum absolute atomic E-state index is 0.181. The summed E-state index contributed by atoms with van der Waals surface area (Å²) in [6, 6.07) is 7.59. The molecule has 100 valence electrons. The second-order valence-corrected chi connectivity index (χ2v) is 4.36. The molecular formula is C15H17NO3. The molecule has 0 aliphatic rings. The van der Waals surface area contributed by atoms with Gasteiger partial charge in [-0.25, -0.2) is 0 Å². The molecule has 1 amide bonds. The molecule has 0 aliphatic carbocycles. The van der Waals surface area contributed by atoms with Crippen LogP contribution in [0.1, 0.15) is 25.5 Å². The molecule has 0 saturated heterocycles. The Morgan fingerprint density at radius 3 is 2.79 bits per heavy atom. The van der Waals surface area contributed by atoms with Crippen LogP contribution in [0.5, 0.6) is 5.75 Å². The van der Waals surface area contributed by atoms with E-state index in [0.717, 1.165) is 5.39 Å². The van der Waals surface area contributed by atoms with Crippen molar-refractivity contribution in [3.05, 3.63) is 41.7 Å². The molecule has 0 bridgehead atoms. The van der Waals surface area contributed by atoms with E-state index in [9.17, 15) is 4.79 Å². The number of allylic oxidation sites excluding steroid dienone is 1. The van der Waals surface area contributed by atoms with Crippen molar-refractivity contribution in [2.45, 2.75) is 19.8 Å². The summed E-state index contributed by atoms with van der Waals surface area (Å²) < 4.78 is 11.1. The number of para-hydroxylation sites is 1. The summed E-state index contributed by atoms with van der Waals surface area (Å²) in [6.07, 6.45) is 1.72. The first-order chi connectivity index (χ1) is 9.08. The molecule has 1 heterocycles. The lowest BCUT2D eigenvalue weighted by Gasteiger charge is -2.09. The number of benzene rings is 1. The van der Waals surface area contributed by atoms with Gasteiger partial charge in [-0.05, 0) is 19.1 Å². The normalized spacial score (nSPS) is 13.5. The van der Waals surface area contributed by atoms with E-state index in [4.69, 9.17) is 14.9 Å². The Kier molecular flexibility index (Phi) is 3.60. The van der Waals surface area contributed by atoms with Gasteiger partial charge in [0.15, 0.2) is 11.3 Å². The quantitative estimate of drug-likeness (QED) is 0.858. The Labute approximate surface area is 111 Å². The number of carbonyl (C=O) groups excluding carboxylic acids is 1. The van der Waals surface area contributed by atoms with E-state index in [0.29, 0.717) is 22.7 Å². The van der Waals surface area contributed by atoms with Crippen LogP contribution in [0.3, 0.4) is 0 Å². The van der Waals surface area contributed by atoms with Gasteiger partial charge in [0.1, 0.15) is 5.76 Å². The van der Waals surface area contributed by atoms with Gasteiger partial charge in [0, 0.05) is 16.9 Å². The van der Waals surface area contributed by atoms with E-state index in [2.05, 4.69) is 0 Å². The van der Waals surface area contributed by atoms with Gasteiger partial charge in [-0.2, -0.15) is 0 Å². The summed E-state index contributed by atoms with van der Waals surface area (Å²) >= 11 is 0. The fourth-order valence-electron chi connectivity index (χ4n) is 2.19. The number of furan rings is 1. The van der Waals surface area contributed by atoms with E-state index in [1.54, 1.807) is 20.1 Å². The molecule has 1 unspecified atom stereocenters. The van der Waals surface area contributed by atoms with Crippen molar-refractivity contribution in [2.24, 2.45) is 5.73 Å². The number of ether oxygens (including phenoxy) is 1. The lowest BCUT2D eigenvalue weighted by Crippen LogP contribution is -2.17. The Balaban J connectivity index is 2.49. The largest absolute Gasteiger partial charge is 0.493 e. The highest BCUT2D eigenvalue weighted by atomic mass is 16.5. The van der Waals surface area contributed by atoms with Crippen LogP contribution in [0.2, 0.25) is 0 Å². The predicted molar refractivity (Wildman–Crippen MR) is 74.1 cm³/mol. The summed E-state index contributed by atoms with van der Waals surface area (Å²) in [7, 11) is 1.60. The molecule has 2 aromatic rings. The number of fused-ring (bicyclic) bond motifs is 1. The molecule has 4 heteroatoms. The first kappa shape index (κ1) is 13.2. The first-order valence-corrected chi connectivity index (χ1v) is 6.11. The standard InChI is InChI=1S/C15H17NO3/c1-4-11(15(16)17)9(2)13-8-10-6-5-7-12(18-3)14(10)19-13/h4-9H,1-3H3,(H2,16,17). The summed E-state index contributed by atoms with van der Waals surface area (Å²) in [4.78, 5) is 11.4. The highest BCUT2D eigenvalue weighted by Crippen LogP contribution is 2.33. The van der Waals surface area contributed by atoms with Crippen LogP contribution in [0.4, 0.5) is 0 Å². The average Bonchev–Trinajstić information content (AvgIpc) is 2.82. The summed E-state index contributed by atoms with van der Waals surface area (Å²) in [5, 5.41) is 0.945. The topological polar surface area (TPSA) is 65.5 Å². The second-order valence-electron chi connectivity index (χ2n) is 4.36. The number of methoxy groups -OCH3 is 1. The van der Waals surface area contributed by atoms with E-state index < -0.39 is 5.91 Å². The van der Waals surface area contributed by atoms with Gasteiger partial charge in [0.25, 0.3) is 0 Å². The number of primary amides is 1. The number of rotatable bonds is 4. The molecular weight excluding hydrogens is 242 g/mol. The van der Waals surface area contributed by atoms with Crippen molar-refractivity contribution in [2.75, 3.05) is 7.11 Å². The fourth-order valence-corrected chi connectivity index (χ4v) is 2.19. The number of carbonyl (C=O) groups is 1. The number of nitrogens with two attached hydrogens (primary N) is 1. The SMILES string of the molecule is CC=C(C(N)=O)C(C)c1cc2cccc(OC)c2o1. The van der Waals surface area contributed by atoms with Crippen LogP contribution in [0.25, 0.3) is 11.0 Å². The fraction of sp³-hybridized carbons (Fsp3) is 0.267. The number of amides is 1. The van der Waals surface area contributed by atoms with Gasteiger partial charge in [-0.1, -0.05) is 25.1 Å². The van der Waals surface area contributed by atoms with Crippen molar-refractivity contribution in [3.8, 4) is 5.75 Å². The van der Waals surface area contributed by atoms with E-state index in [1.807, 2.05) is 31.2 Å². The zero-order chi connectivity index (χ0) is 14.0. The molecule has 1 aromatic heterocycles. The smallest absolute Gasteiger partial charge is 0.245 e. The van der Waals surface area contributed by atoms with Crippen LogP contribution in [0, 0.1) is 0 Å². The average molecular weight is 259 g/mol. The lowest BCUT2D eigenvalue weighted by atomic mass is 9.97. The molecule has 0 aliphatic heterocycles. The monoisotopic (exact) mass is 259 g/mol. The van der Waals surface area contributed by atoms with Crippen LogP contribution >= 0.6 is 0 Å². The van der Waals surface area contributed by atoms with Gasteiger partial charge in [-0.3, -0.25) is 4.79 Å². The van der Waals surface area contributed by atoms with Crippen LogP contribution in [-0.2, 0) is 4.79 Å². The van der Waals surface area contributed by atoms with Crippen molar-refractivity contribution < 1.29 is 13.9 Å². The first-order valence-electron chi connectivity index (χ1n) is 6.11. The highest BCUT2D eigenvalue weighted by Gasteiger charge is 2.20. The third kappa shape index (κ3) is 2.34. The van der Waals surface area contributed by atoms with Gasteiger partial charge >= 0.3 is 0 Å². The lowest BCUT2D eigenvalue weighted by molar-refractivity contribution is -0.114. The summed E-state index contributed by atoms with van der Waals surface area (Å²) in [5.74, 6) is 0.769. The number of hydrogen-bond donors (Lipinski definition) is 1. The zero-order valence-electron chi connectivity index (χ0n) is 11.3. The third-order valence-electron chi connectivity index (χ3n) is 3.24. The highest BCUT2D eigenvalue weighted by molar-refractivity contribution is 5.93. The van der Waals surface area contributed by atoms with Crippen LogP contribution < -0.4 is 10.5 Å². The molecule has 0 fully saturated rings. The molecule has 2 rings (SSSR count). The Morgan fingerprint density at radius 2 is 2.21 bits per heavy atom. The maximum absolute atomic E-state index is 11.4. The molecule has 0 radical (unpaired) electrons. The van der Waals surface area contributed by atoms with E-state index in [1.165, 1.54) is 0 Å². The Hall–Kier alpha value is -2.23.